The molecule has 2 N–H and O–H groups in total. The zero-order valence-corrected chi connectivity index (χ0v) is 11.0. The summed E-state index contributed by atoms with van der Waals surface area (Å²) in [7, 11) is 0. The van der Waals surface area contributed by atoms with Crippen molar-refractivity contribution >= 4 is 12.1 Å². The van der Waals surface area contributed by atoms with E-state index in [2.05, 4.69) is 16.6 Å². The number of amidine groups is 1. The minimum atomic E-state index is -4.67. The number of nitrogens with two attached hydrogens (primary N) is 1. The van der Waals surface area contributed by atoms with E-state index in [9.17, 15) is 22.0 Å². The molecule has 1 saturated heterocycles. The van der Waals surface area contributed by atoms with Gasteiger partial charge >= 0.3 is 6.18 Å². The molecule has 1 rings (SSSR count). The van der Waals surface area contributed by atoms with Gasteiger partial charge in [0, 0.05) is 12.8 Å². The second kappa shape index (κ2) is 5.47. The van der Waals surface area contributed by atoms with Crippen LogP contribution >= 0.6 is 0 Å². The average Bonchev–Trinajstić information content (AvgIpc) is 2.84. The zero-order chi connectivity index (χ0) is 15.7. The number of aliphatic imine (C=N–C) groups is 2. The standard InChI is InChI=1S/C11H15F5N4/c1-4-18-9(11(14,15)16)20-8(17)10(20,3)5-19-6(2)7(12)13/h5,7-8H,2,4,17H2,1,3H3/t8?,10-,20?/m0/s1. The van der Waals surface area contributed by atoms with Gasteiger partial charge in [-0.3, -0.25) is 9.98 Å². The maximum absolute atomic E-state index is 12.8. The highest BCUT2D eigenvalue weighted by Gasteiger charge is 2.63. The summed E-state index contributed by atoms with van der Waals surface area (Å²) in [5, 5.41) is 0. The molecule has 0 saturated carbocycles. The van der Waals surface area contributed by atoms with Gasteiger partial charge < -0.3 is 10.6 Å². The highest BCUT2D eigenvalue weighted by atomic mass is 19.4. The van der Waals surface area contributed by atoms with Crippen LogP contribution < -0.4 is 5.73 Å². The van der Waals surface area contributed by atoms with E-state index in [0.717, 1.165) is 11.1 Å². The molecule has 1 heterocycles. The minimum Gasteiger partial charge on any atom is -0.321 e. The number of halogens is 5. The van der Waals surface area contributed by atoms with E-state index in [1.807, 2.05) is 0 Å². The van der Waals surface area contributed by atoms with Gasteiger partial charge in [0.2, 0.25) is 5.84 Å². The van der Waals surface area contributed by atoms with Crippen LogP contribution in [-0.4, -0.2) is 47.8 Å². The summed E-state index contributed by atoms with van der Waals surface area (Å²) in [4.78, 5) is 7.53. The zero-order valence-electron chi connectivity index (χ0n) is 11.0. The molecule has 0 spiro atoms. The van der Waals surface area contributed by atoms with Gasteiger partial charge in [-0.05, 0) is 13.8 Å². The lowest BCUT2D eigenvalue weighted by molar-refractivity contribution is -0.0659. The van der Waals surface area contributed by atoms with Crippen LogP contribution in [0.25, 0.3) is 0 Å². The summed E-state index contributed by atoms with van der Waals surface area (Å²) >= 11 is 0. The number of nitrogens with zero attached hydrogens (tertiary/aromatic N) is 3. The van der Waals surface area contributed by atoms with Crippen molar-refractivity contribution in [2.24, 2.45) is 15.7 Å². The Morgan fingerprint density at radius 3 is 2.45 bits per heavy atom. The Balaban J connectivity index is 2.95. The second-order valence-electron chi connectivity index (χ2n) is 4.39. The number of hydrogen-bond acceptors (Lipinski definition) is 3. The number of rotatable bonds is 4. The van der Waals surface area contributed by atoms with E-state index in [4.69, 9.17) is 5.73 Å². The molecule has 9 heteroatoms. The first-order valence-corrected chi connectivity index (χ1v) is 5.74. The highest BCUT2D eigenvalue weighted by Crippen LogP contribution is 2.40. The molecule has 0 amide bonds. The number of alkyl halides is 5. The molecule has 0 bridgehead atoms. The van der Waals surface area contributed by atoms with Crippen LogP contribution in [0.4, 0.5) is 22.0 Å². The molecule has 0 aromatic carbocycles. The van der Waals surface area contributed by atoms with Crippen molar-refractivity contribution in [1.29, 1.82) is 0 Å². The third-order valence-electron chi connectivity index (χ3n) is 2.86. The molecule has 2 atom stereocenters. The van der Waals surface area contributed by atoms with Gasteiger partial charge in [0.1, 0.15) is 11.7 Å². The van der Waals surface area contributed by atoms with E-state index >= 15 is 0 Å². The van der Waals surface area contributed by atoms with Gasteiger partial charge in [0.25, 0.3) is 6.43 Å². The normalized spacial score (nSPS) is 27.6. The predicted octanol–water partition coefficient (Wildman–Crippen LogP) is 2.18. The van der Waals surface area contributed by atoms with Crippen molar-refractivity contribution in [1.82, 2.24) is 4.90 Å². The summed E-state index contributed by atoms with van der Waals surface area (Å²) < 4.78 is 62.9. The van der Waals surface area contributed by atoms with Crippen LogP contribution in [0.15, 0.2) is 22.3 Å². The van der Waals surface area contributed by atoms with Gasteiger partial charge in [-0.1, -0.05) is 6.58 Å². The molecule has 0 radical (unpaired) electrons. The molecule has 1 aliphatic rings. The summed E-state index contributed by atoms with van der Waals surface area (Å²) in [6.45, 7) is 5.74. The molecule has 114 valence electrons. The Morgan fingerprint density at radius 2 is 2.05 bits per heavy atom. The van der Waals surface area contributed by atoms with Crippen LogP contribution in [0.5, 0.6) is 0 Å². The topological polar surface area (TPSA) is 53.7 Å². The molecule has 20 heavy (non-hydrogen) atoms. The minimum absolute atomic E-state index is 0.0744. The van der Waals surface area contributed by atoms with Gasteiger partial charge in [-0.15, -0.1) is 0 Å². The van der Waals surface area contributed by atoms with Crippen molar-refractivity contribution < 1.29 is 22.0 Å². The Morgan fingerprint density at radius 1 is 1.50 bits per heavy atom. The fourth-order valence-corrected chi connectivity index (χ4v) is 1.65. The van der Waals surface area contributed by atoms with Crippen LogP contribution in [0.1, 0.15) is 13.8 Å². The van der Waals surface area contributed by atoms with Crippen LogP contribution in [0, 0.1) is 0 Å². The van der Waals surface area contributed by atoms with Gasteiger partial charge in [-0.25, -0.2) is 8.78 Å². The van der Waals surface area contributed by atoms with E-state index in [0.29, 0.717) is 0 Å². The van der Waals surface area contributed by atoms with Crippen LogP contribution in [0.3, 0.4) is 0 Å². The SMILES string of the molecule is C=C(N=C[C@@]1(C)C(N)N1C(=NCC)C(F)(F)F)C(F)F. The first-order valence-electron chi connectivity index (χ1n) is 5.74. The fourth-order valence-electron chi connectivity index (χ4n) is 1.65. The molecule has 0 aromatic heterocycles. The Labute approximate surface area is 112 Å². The number of allylic oxidation sites excluding steroid dienone is 1. The van der Waals surface area contributed by atoms with Gasteiger partial charge in [0.05, 0.1) is 5.70 Å². The molecule has 0 aliphatic carbocycles. The lowest BCUT2D eigenvalue weighted by Crippen LogP contribution is -2.35. The van der Waals surface area contributed by atoms with Crippen molar-refractivity contribution in [3.8, 4) is 0 Å². The molecule has 4 nitrogen and oxygen atoms in total. The molecule has 0 aromatic rings. The molecule has 1 unspecified atom stereocenters. The third kappa shape index (κ3) is 3.14. The van der Waals surface area contributed by atoms with E-state index in [-0.39, 0.29) is 6.54 Å². The summed E-state index contributed by atoms with van der Waals surface area (Å²) in [6, 6.07) is 0. The Bertz CT molecular complexity index is 443. The largest absolute Gasteiger partial charge is 0.449 e. The molecule has 1 aliphatic heterocycles. The van der Waals surface area contributed by atoms with Crippen molar-refractivity contribution in [3.63, 3.8) is 0 Å². The average molecular weight is 298 g/mol. The first kappa shape index (κ1) is 16.5. The Kier molecular flexibility index (Phi) is 4.52. The maximum atomic E-state index is 12.8. The fraction of sp³-hybridized carbons (Fsp3) is 0.636. The van der Waals surface area contributed by atoms with Crippen molar-refractivity contribution in [2.45, 2.75) is 38.2 Å². The predicted molar refractivity (Wildman–Crippen MR) is 65.9 cm³/mol. The molecular weight excluding hydrogens is 283 g/mol. The molecular formula is C11H15F5N4. The van der Waals surface area contributed by atoms with Gasteiger partial charge in [0.15, 0.2) is 0 Å². The van der Waals surface area contributed by atoms with Crippen LogP contribution in [0.2, 0.25) is 0 Å². The van der Waals surface area contributed by atoms with E-state index in [1.165, 1.54) is 13.8 Å². The van der Waals surface area contributed by atoms with Gasteiger partial charge in [-0.2, -0.15) is 13.2 Å². The van der Waals surface area contributed by atoms with Crippen LogP contribution in [-0.2, 0) is 0 Å². The molecule has 1 fully saturated rings. The smallest absolute Gasteiger partial charge is 0.321 e. The number of hydrogen-bond donors (Lipinski definition) is 1. The van der Waals surface area contributed by atoms with E-state index < -0.39 is 35.8 Å². The van der Waals surface area contributed by atoms with Crippen molar-refractivity contribution in [2.75, 3.05) is 6.54 Å². The highest BCUT2D eigenvalue weighted by molar-refractivity contribution is 5.96. The van der Waals surface area contributed by atoms with Crippen molar-refractivity contribution in [3.05, 3.63) is 12.3 Å². The quantitative estimate of drug-likeness (QED) is 0.374. The first-order chi connectivity index (χ1) is 9.05. The Hall–Kier alpha value is -1.51. The lowest BCUT2D eigenvalue weighted by Gasteiger charge is -2.14. The lowest BCUT2D eigenvalue weighted by atomic mass is 10.2. The monoisotopic (exact) mass is 298 g/mol. The summed E-state index contributed by atoms with van der Waals surface area (Å²) in [6.07, 6.45) is -7.62. The summed E-state index contributed by atoms with van der Waals surface area (Å²) in [5.74, 6) is -1.14. The third-order valence-corrected chi connectivity index (χ3v) is 2.86. The van der Waals surface area contributed by atoms with E-state index in [1.54, 1.807) is 0 Å². The second-order valence-corrected chi connectivity index (χ2v) is 4.39. The maximum Gasteiger partial charge on any atom is 0.449 e. The summed E-state index contributed by atoms with van der Waals surface area (Å²) in [5.41, 5.74) is 3.54.